The van der Waals surface area contributed by atoms with Gasteiger partial charge < -0.3 is 55.5 Å². The molecule has 808 valence electrons. The number of urea groups is 1. The fraction of sp³-hybridized carbons (Fsp3) is 0.577. The lowest BCUT2D eigenvalue weighted by Gasteiger charge is -2.22. The molecule has 0 bridgehead atoms. The number of benzene rings is 6. The first-order chi connectivity index (χ1) is 69.3. The van der Waals surface area contributed by atoms with E-state index in [1.54, 1.807) is 0 Å². The second kappa shape index (κ2) is 74.9. The molecule has 0 aromatic heterocycles. The number of carboxylic acids is 1. The highest BCUT2D eigenvalue weighted by Gasteiger charge is 2.37. The summed E-state index contributed by atoms with van der Waals surface area (Å²) in [5.41, 5.74) is -0.442. The summed E-state index contributed by atoms with van der Waals surface area (Å²) in [5.74, 6) is -21.5. The highest BCUT2D eigenvalue weighted by molar-refractivity contribution is 5.96. The van der Waals surface area contributed by atoms with Gasteiger partial charge in [0.2, 0.25) is 23.4 Å². The van der Waals surface area contributed by atoms with Crippen LogP contribution in [-0.4, -0.2) is 168 Å². The highest BCUT2D eigenvalue weighted by Crippen LogP contribution is 2.35. The number of carbonyl (C=O) groups is 11. The van der Waals surface area contributed by atoms with Crippen molar-refractivity contribution >= 4 is 64.4 Å². The van der Waals surface area contributed by atoms with Crippen molar-refractivity contribution in [2.45, 2.75) is 317 Å². The zero-order chi connectivity index (χ0) is 107. The largest absolute Gasteiger partial charge is 0.481 e. The molecule has 6 N–H and O–H groups in total. The van der Waals surface area contributed by atoms with E-state index in [-0.39, 0.29) is 65.3 Å². The number of amides is 3. The Labute approximate surface area is 848 Å². The van der Waals surface area contributed by atoms with Gasteiger partial charge >= 0.3 is 24.1 Å². The zero-order valence-electron chi connectivity index (χ0n) is 86.1. The third kappa shape index (κ3) is 54.4. The van der Waals surface area contributed by atoms with Crippen LogP contribution in [0.25, 0.3) is 0 Å². The number of halogens is 12. The quantitative estimate of drug-likeness (QED) is 0.00894. The number of Topliss-reactive ketones (excluding diaryl/α,β-unsaturated/α-hetero) is 7. The number of esters is 1. The summed E-state index contributed by atoms with van der Waals surface area (Å²) < 4.78 is 184. The molecule has 0 aliphatic rings. The Morgan fingerprint density at radius 3 is 1.15 bits per heavy atom. The van der Waals surface area contributed by atoms with Crippen LogP contribution in [0.2, 0.25) is 0 Å². The lowest BCUT2D eigenvalue weighted by molar-refractivity contribution is -0.140. The minimum atomic E-state index is -4.77. The molecule has 0 heterocycles. The van der Waals surface area contributed by atoms with Crippen LogP contribution >= 0.6 is 0 Å². The van der Waals surface area contributed by atoms with Crippen LogP contribution in [0.4, 0.5) is 57.5 Å². The number of alkyl halides is 3. The van der Waals surface area contributed by atoms with E-state index in [0.29, 0.717) is 44.7 Å². The summed E-state index contributed by atoms with van der Waals surface area (Å²) in [6, 6.07) is 21.8. The van der Waals surface area contributed by atoms with E-state index in [0.717, 1.165) is 145 Å². The first kappa shape index (κ1) is 128. The zero-order valence-corrected chi connectivity index (χ0v) is 86.1. The van der Waals surface area contributed by atoms with Crippen molar-refractivity contribution in [3.63, 3.8) is 0 Å². The van der Waals surface area contributed by atoms with E-state index in [1.807, 2.05) is 81.8 Å². The van der Waals surface area contributed by atoms with E-state index in [4.69, 9.17) is 24.1 Å². The summed E-state index contributed by atoms with van der Waals surface area (Å²) in [6.45, 7) is 7.37. The van der Waals surface area contributed by atoms with Crippen LogP contribution in [0.1, 0.15) is 313 Å². The van der Waals surface area contributed by atoms with E-state index < -0.39 is 191 Å². The Morgan fingerprint density at radius 2 is 0.745 bits per heavy atom. The molecule has 0 saturated carbocycles. The Balaban J connectivity index is 0.000000501. The van der Waals surface area contributed by atoms with E-state index in [9.17, 15) is 105 Å². The van der Waals surface area contributed by atoms with Crippen molar-refractivity contribution in [1.82, 2.24) is 31.5 Å². The molecule has 6 aromatic carbocycles. The second-order valence-corrected chi connectivity index (χ2v) is 36.9. The summed E-state index contributed by atoms with van der Waals surface area (Å²) in [7, 11) is 7.40. The number of carboxylic acid groups (broad SMARTS) is 1. The standard InChI is InChI=1S/C34H45F3N2O5.C30H40F3NO3.C24H35F3N2O5.C23H34F3NO3/c1-25-15-14-19-30(34(35,36)37)31(25)33(43)44-24-29(41)23-39-32(42)27(21-26-16-10-9-11-17-26)22-28(40)18-12-7-5-3-4-6-8-13-20-38-2;1-22-18-26(31)29(33)30(28(22)32)37-21-27(36)24(19-23-14-10-9-11-15-23)20-25(35)16-12-7-5-3-4-6-8-13-17-34-2;1-4-5-6-7-8-9-10-11-12-29(3)24(33)28-18(14-20(31)32)19(30)15-34-23-21(26)16(2)13-17(25)22(23)27;1-17-15-20(24)22(26)23(21(17)25)30-16-19(29)13-12-18(28)11-9-7-5-3-4-6-8-10-14-27-2/h9-11,14-17,19,27,38H,3-8,12-13,18,20-24H2,1-2H3,(H,39,42);9-11,14-15,18,24,34H,3-8,12-13,16-17,19-21H2,1-2H3;13,18H,4-12,14-15H2,1-3H3,(H,28,33)(H,31,32);15,27H,3-14,16H2,1-2H3/t27-;24-;18-;/m110./s1. The molecule has 0 spiro atoms. The van der Waals surface area contributed by atoms with Crippen molar-refractivity contribution in [2.75, 3.05) is 87.3 Å². The predicted octanol–water partition coefficient (Wildman–Crippen LogP) is 23.7. The normalized spacial score (nSPS) is 11.7. The first-order valence-electron chi connectivity index (χ1n) is 51.1. The molecule has 0 aliphatic carbocycles. The predicted molar refractivity (Wildman–Crippen MR) is 536 cm³/mol. The molecule has 3 atom stereocenters. The molecule has 0 radical (unpaired) electrons. The molecular weight excluding hydrogens is 1900 g/mol. The number of hydrogen-bond acceptors (Lipinski definition) is 18. The van der Waals surface area contributed by atoms with Gasteiger partial charge in [-0.15, -0.1) is 0 Å². The number of hydrogen-bond donors (Lipinski definition) is 6. The molecule has 3 amide bonds. The summed E-state index contributed by atoms with van der Waals surface area (Å²) in [5, 5.41) is 23.3. The van der Waals surface area contributed by atoms with Gasteiger partial charge in [0, 0.05) is 70.4 Å². The van der Waals surface area contributed by atoms with Gasteiger partial charge in [0.1, 0.15) is 43.2 Å². The Bertz CT molecular complexity index is 4800. The minimum Gasteiger partial charge on any atom is -0.481 e. The lowest BCUT2D eigenvalue weighted by Crippen LogP contribution is -2.49. The molecule has 34 heteroatoms. The van der Waals surface area contributed by atoms with Gasteiger partial charge in [-0.2, -0.15) is 26.3 Å². The highest BCUT2D eigenvalue weighted by atomic mass is 19.4. The van der Waals surface area contributed by atoms with Crippen LogP contribution < -0.4 is 40.8 Å². The van der Waals surface area contributed by atoms with Crippen molar-refractivity contribution < 1.29 is 129 Å². The molecule has 0 unspecified atom stereocenters. The number of ether oxygens (including phenoxy) is 4. The fourth-order valence-corrected chi connectivity index (χ4v) is 15.8. The van der Waals surface area contributed by atoms with Crippen LogP contribution in [-0.2, 0) is 66.9 Å². The summed E-state index contributed by atoms with van der Waals surface area (Å²) in [6.07, 6.45) is 31.8. The number of nitrogens with zero attached hydrogens (tertiary/aromatic N) is 1. The van der Waals surface area contributed by atoms with Gasteiger partial charge in [-0.3, -0.25) is 43.2 Å². The van der Waals surface area contributed by atoms with E-state index >= 15 is 0 Å². The van der Waals surface area contributed by atoms with Crippen molar-refractivity contribution in [3.05, 3.63) is 194 Å². The van der Waals surface area contributed by atoms with Gasteiger partial charge in [0.25, 0.3) is 0 Å². The van der Waals surface area contributed by atoms with Gasteiger partial charge in [-0.05, 0) is 184 Å². The first-order valence-corrected chi connectivity index (χ1v) is 51.1. The molecule has 6 rings (SSSR count). The summed E-state index contributed by atoms with van der Waals surface area (Å²) >= 11 is 0. The maximum absolute atomic E-state index is 14.3. The Morgan fingerprint density at radius 1 is 0.379 bits per heavy atom. The van der Waals surface area contributed by atoms with Gasteiger partial charge in [-0.25, -0.2) is 35.9 Å². The number of rotatable bonds is 73. The Hall–Kier alpha value is -10.9. The number of ketones is 7. The Kier molecular flexibility index (Phi) is 66.3. The molecule has 0 fully saturated rings. The maximum Gasteiger partial charge on any atom is 0.417 e. The van der Waals surface area contributed by atoms with Gasteiger partial charge in [0.05, 0.1) is 24.1 Å². The van der Waals surface area contributed by atoms with Crippen LogP contribution in [0.15, 0.2) is 97.1 Å². The van der Waals surface area contributed by atoms with Crippen molar-refractivity contribution in [1.29, 1.82) is 0 Å². The average molecular weight is 2060 g/mol. The van der Waals surface area contributed by atoms with Crippen LogP contribution in [0.3, 0.4) is 0 Å². The third-order valence-corrected chi connectivity index (χ3v) is 24.4. The van der Waals surface area contributed by atoms with E-state index in [1.165, 1.54) is 161 Å². The maximum atomic E-state index is 14.3. The van der Waals surface area contributed by atoms with Crippen LogP contribution in [0, 0.1) is 91.9 Å². The molecular formula is C111H154F12N6O16. The fourth-order valence-electron chi connectivity index (χ4n) is 15.8. The minimum absolute atomic E-state index is 0.00521. The number of nitrogens with one attached hydrogen (secondary N) is 5. The molecule has 22 nitrogen and oxygen atoms in total. The molecule has 145 heavy (non-hydrogen) atoms. The van der Waals surface area contributed by atoms with Gasteiger partial charge in [0.15, 0.2) is 81.9 Å². The molecule has 6 aromatic rings. The number of aliphatic carboxylic acids is 1. The molecule has 0 saturated heterocycles. The van der Waals surface area contributed by atoms with Crippen molar-refractivity contribution in [3.8, 4) is 17.2 Å². The number of aryl methyl sites for hydroxylation is 4. The van der Waals surface area contributed by atoms with E-state index in [2.05, 4.69) is 33.5 Å². The van der Waals surface area contributed by atoms with Crippen LogP contribution in [0.5, 0.6) is 17.2 Å². The smallest absolute Gasteiger partial charge is 0.417 e. The number of carbonyl (C=O) groups excluding carboxylic acids is 10. The molecule has 0 aliphatic heterocycles. The lowest BCUT2D eigenvalue weighted by atomic mass is 9.89. The third-order valence-electron chi connectivity index (χ3n) is 24.4. The van der Waals surface area contributed by atoms with Crippen molar-refractivity contribution in [2.24, 2.45) is 11.8 Å². The monoisotopic (exact) mass is 2060 g/mol. The summed E-state index contributed by atoms with van der Waals surface area (Å²) in [4.78, 5) is 137. The van der Waals surface area contributed by atoms with Gasteiger partial charge in [-0.1, -0.05) is 240 Å². The number of unbranched alkanes of at least 4 members (excludes halogenated alkanes) is 28. The SMILES string of the molecule is CCCCCCCCCCN(C)C(=O)N[C@@H](CC(=O)O)C(=O)COc1c(F)c(C)cc(F)c1F.CNCCCCCCCCCCC(=O)CCC(=O)COc1c(F)c(C)cc(F)c1F.CNCCCCCCCCCCC(=O)C[C@@H](Cc1ccccc1)C(=O)COc1c(F)c(C)cc(F)c1F.CNCCCCCCCCCCC(=O)C[C@@H](Cc1ccccc1)C(=O)NCC(=O)COC(=O)c1c(C)cccc1C(F)(F)F. The average Bonchev–Trinajstić information content (AvgIpc) is 0.807. The topological polar surface area (TPSA) is 308 Å². The second-order valence-electron chi connectivity index (χ2n) is 36.9.